The molecule has 0 spiro atoms. The van der Waals surface area contributed by atoms with Crippen LogP contribution in [0, 0.1) is 0 Å². The molecule has 0 bridgehead atoms. The lowest BCUT2D eigenvalue weighted by atomic mass is 10.2. The van der Waals surface area contributed by atoms with E-state index in [0.29, 0.717) is 32.0 Å². The van der Waals surface area contributed by atoms with E-state index in [2.05, 4.69) is 15.6 Å². The molecule has 1 aliphatic heterocycles. The quantitative estimate of drug-likeness (QED) is 0.809. The van der Waals surface area contributed by atoms with Gasteiger partial charge in [0.2, 0.25) is 5.91 Å². The molecule has 1 saturated heterocycles. The van der Waals surface area contributed by atoms with Gasteiger partial charge >= 0.3 is 12.2 Å². The maximum absolute atomic E-state index is 12.7. The fourth-order valence-electron chi connectivity index (χ4n) is 2.98. The fraction of sp³-hybridized carbons (Fsp3) is 0.611. The van der Waals surface area contributed by atoms with Crippen molar-refractivity contribution in [3.05, 3.63) is 23.9 Å². The Morgan fingerprint density at radius 2 is 1.82 bits per heavy atom. The minimum absolute atomic E-state index is 0.0777. The number of nitrogens with one attached hydrogen (secondary N) is 2. The zero-order valence-corrected chi connectivity index (χ0v) is 16.2. The van der Waals surface area contributed by atoms with Gasteiger partial charge in [-0.3, -0.25) is 15.0 Å². The highest BCUT2D eigenvalue weighted by Gasteiger charge is 2.31. The number of imide groups is 1. The summed E-state index contributed by atoms with van der Waals surface area (Å²) < 4.78 is 38.0. The van der Waals surface area contributed by atoms with Gasteiger partial charge in [-0.05, 0) is 39.3 Å². The number of alkyl halides is 3. The van der Waals surface area contributed by atoms with Gasteiger partial charge in [-0.15, -0.1) is 0 Å². The van der Waals surface area contributed by atoms with Crippen LogP contribution in [0.1, 0.15) is 32.8 Å². The number of nitrogens with zero attached hydrogens (tertiary/aromatic N) is 3. The highest BCUT2D eigenvalue weighted by molar-refractivity contribution is 5.96. The second-order valence-electron chi connectivity index (χ2n) is 7.07. The molecule has 0 saturated carbocycles. The molecule has 3 amide bonds. The summed E-state index contributed by atoms with van der Waals surface area (Å²) >= 11 is 0. The summed E-state index contributed by atoms with van der Waals surface area (Å²) in [4.78, 5) is 31.8. The zero-order chi connectivity index (χ0) is 20.9. The smallest absolute Gasteiger partial charge is 0.355 e. The molecule has 2 heterocycles. The normalized spacial score (nSPS) is 17.2. The van der Waals surface area contributed by atoms with Crippen LogP contribution < -0.4 is 15.5 Å². The summed E-state index contributed by atoms with van der Waals surface area (Å²) in [7, 11) is 0. The standard InChI is InChI=1S/C18H26F3N5O2/c1-12(2)23-17(28)24-16(27)13(3)25-7-4-8-26(10-9-25)15-6-5-14(11-22-15)18(19,20)21/h5-6,11-13H,4,7-10H2,1-3H3,(H2,23,24,27,28). The minimum Gasteiger partial charge on any atom is -0.355 e. The molecule has 2 N–H and O–H groups in total. The second-order valence-corrected chi connectivity index (χ2v) is 7.07. The Morgan fingerprint density at radius 1 is 1.11 bits per heavy atom. The third-order valence-corrected chi connectivity index (χ3v) is 4.51. The number of rotatable bonds is 4. The number of hydrogen-bond acceptors (Lipinski definition) is 5. The molecule has 1 unspecified atom stereocenters. The van der Waals surface area contributed by atoms with Crippen molar-refractivity contribution in [2.45, 2.75) is 45.5 Å². The van der Waals surface area contributed by atoms with Crippen LogP contribution in [0.5, 0.6) is 0 Å². The minimum atomic E-state index is -4.41. The average molecular weight is 401 g/mol. The Kier molecular flexibility index (Phi) is 7.22. The predicted octanol–water partition coefficient (Wildman–Crippen LogP) is 2.24. The Labute approximate surface area is 162 Å². The molecule has 0 radical (unpaired) electrons. The lowest BCUT2D eigenvalue weighted by molar-refractivity contribution is -0.137. The molecular formula is C18H26F3N5O2. The van der Waals surface area contributed by atoms with Gasteiger partial charge in [0.25, 0.3) is 0 Å². The molecule has 1 fully saturated rings. The van der Waals surface area contributed by atoms with E-state index in [1.165, 1.54) is 6.07 Å². The number of urea groups is 1. The molecule has 156 valence electrons. The molecular weight excluding hydrogens is 375 g/mol. The van der Waals surface area contributed by atoms with Crippen molar-refractivity contribution in [2.24, 2.45) is 0 Å². The van der Waals surface area contributed by atoms with E-state index in [4.69, 9.17) is 0 Å². The van der Waals surface area contributed by atoms with Crippen molar-refractivity contribution in [2.75, 3.05) is 31.1 Å². The van der Waals surface area contributed by atoms with E-state index in [0.717, 1.165) is 18.7 Å². The maximum atomic E-state index is 12.7. The van der Waals surface area contributed by atoms with Gasteiger partial charge in [0, 0.05) is 38.4 Å². The number of aromatic nitrogens is 1. The van der Waals surface area contributed by atoms with Gasteiger partial charge < -0.3 is 10.2 Å². The number of pyridine rings is 1. The number of halogens is 3. The van der Waals surface area contributed by atoms with Gasteiger partial charge in [-0.1, -0.05) is 0 Å². The average Bonchev–Trinajstić information content (AvgIpc) is 2.85. The molecule has 2 rings (SSSR count). The Morgan fingerprint density at radius 3 is 2.39 bits per heavy atom. The van der Waals surface area contributed by atoms with Crippen molar-refractivity contribution in [1.29, 1.82) is 0 Å². The van der Waals surface area contributed by atoms with Crippen LogP contribution in [-0.2, 0) is 11.0 Å². The summed E-state index contributed by atoms with van der Waals surface area (Å²) in [5.74, 6) is 0.0857. The van der Waals surface area contributed by atoms with Crippen LogP contribution in [0.4, 0.5) is 23.8 Å². The maximum Gasteiger partial charge on any atom is 0.417 e. The third-order valence-electron chi connectivity index (χ3n) is 4.51. The van der Waals surface area contributed by atoms with Crippen LogP contribution in [0.2, 0.25) is 0 Å². The third kappa shape index (κ3) is 6.08. The molecule has 28 heavy (non-hydrogen) atoms. The highest BCUT2D eigenvalue weighted by Crippen LogP contribution is 2.29. The SMILES string of the molecule is CC(C)NC(=O)NC(=O)C(C)N1CCCN(c2ccc(C(F)(F)F)cn2)CC1. The molecule has 1 aromatic heterocycles. The fourth-order valence-corrected chi connectivity index (χ4v) is 2.98. The number of amides is 3. The molecule has 10 heteroatoms. The van der Waals surface area contributed by atoms with Crippen LogP contribution in [-0.4, -0.2) is 60.1 Å². The Hall–Kier alpha value is -2.36. The number of anilines is 1. The van der Waals surface area contributed by atoms with Crippen molar-refractivity contribution < 1.29 is 22.8 Å². The second kappa shape index (κ2) is 9.22. The Balaban J connectivity index is 1.93. The van der Waals surface area contributed by atoms with E-state index in [-0.39, 0.29) is 11.9 Å². The summed E-state index contributed by atoms with van der Waals surface area (Å²) in [6, 6.07) is 1.28. The van der Waals surface area contributed by atoms with Gasteiger partial charge in [0.15, 0.2) is 0 Å². The molecule has 0 aliphatic carbocycles. The molecule has 7 nitrogen and oxygen atoms in total. The van der Waals surface area contributed by atoms with Gasteiger partial charge in [-0.2, -0.15) is 13.2 Å². The Bertz CT molecular complexity index is 679. The van der Waals surface area contributed by atoms with E-state index >= 15 is 0 Å². The largest absolute Gasteiger partial charge is 0.417 e. The first kappa shape index (κ1) is 21.9. The van der Waals surface area contributed by atoms with Crippen LogP contribution in [0.3, 0.4) is 0 Å². The van der Waals surface area contributed by atoms with Crippen molar-refractivity contribution in [3.8, 4) is 0 Å². The van der Waals surface area contributed by atoms with Crippen LogP contribution in [0.25, 0.3) is 0 Å². The lowest BCUT2D eigenvalue weighted by Gasteiger charge is -2.27. The molecule has 1 atom stereocenters. The van der Waals surface area contributed by atoms with Gasteiger partial charge in [-0.25, -0.2) is 9.78 Å². The van der Waals surface area contributed by atoms with Crippen molar-refractivity contribution in [1.82, 2.24) is 20.5 Å². The number of carbonyl (C=O) groups excluding carboxylic acids is 2. The first-order valence-corrected chi connectivity index (χ1v) is 9.21. The van der Waals surface area contributed by atoms with E-state index in [9.17, 15) is 22.8 Å². The summed E-state index contributed by atoms with van der Waals surface area (Å²) in [5, 5.41) is 4.93. The summed E-state index contributed by atoms with van der Waals surface area (Å²) in [6.45, 7) is 7.63. The highest BCUT2D eigenvalue weighted by atomic mass is 19.4. The number of hydrogen-bond donors (Lipinski definition) is 2. The summed E-state index contributed by atoms with van der Waals surface area (Å²) in [6.07, 6.45) is -2.86. The van der Waals surface area contributed by atoms with Crippen LogP contribution >= 0.6 is 0 Å². The van der Waals surface area contributed by atoms with Crippen molar-refractivity contribution in [3.63, 3.8) is 0 Å². The van der Waals surface area contributed by atoms with Gasteiger partial charge in [0.1, 0.15) is 5.82 Å². The van der Waals surface area contributed by atoms with Crippen LogP contribution in [0.15, 0.2) is 18.3 Å². The first-order valence-electron chi connectivity index (χ1n) is 9.21. The van der Waals surface area contributed by atoms with Gasteiger partial charge in [0.05, 0.1) is 11.6 Å². The molecule has 1 aromatic rings. The number of carbonyl (C=O) groups is 2. The van der Waals surface area contributed by atoms with E-state index in [1.54, 1.807) is 20.8 Å². The predicted molar refractivity (Wildman–Crippen MR) is 98.9 cm³/mol. The zero-order valence-electron chi connectivity index (χ0n) is 16.2. The first-order chi connectivity index (χ1) is 13.1. The topological polar surface area (TPSA) is 77.6 Å². The van der Waals surface area contributed by atoms with E-state index < -0.39 is 23.8 Å². The molecule has 1 aliphatic rings. The lowest BCUT2D eigenvalue weighted by Crippen LogP contribution is -2.51. The van der Waals surface area contributed by atoms with E-state index in [1.807, 2.05) is 9.80 Å². The van der Waals surface area contributed by atoms with Crippen molar-refractivity contribution >= 4 is 17.8 Å². The summed E-state index contributed by atoms with van der Waals surface area (Å²) in [5.41, 5.74) is -0.780. The molecule has 0 aromatic carbocycles. The monoisotopic (exact) mass is 401 g/mol.